The number of carbonyl (C=O) groups excluding carboxylic acids is 1. The quantitative estimate of drug-likeness (QED) is 0.659. The summed E-state index contributed by atoms with van der Waals surface area (Å²) in [6, 6.07) is 10.7. The Balaban J connectivity index is 1.42. The fraction of sp³-hybridized carbons (Fsp3) is 0.435. The third kappa shape index (κ3) is 4.42. The van der Waals surface area contributed by atoms with E-state index in [4.69, 9.17) is 0 Å². The molecule has 2 aromatic heterocycles. The van der Waals surface area contributed by atoms with Crippen LogP contribution in [0, 0.1) is 5.92 Å². The lowest BCUT2D eigenvalue weighted by atomic mass is 9.96. The minimum atomic E-state index is -0.00652. The van der Waals surface area contributed by atoms with E-state index in [1.54, 1.807) is 17.7 Å². The maximum atomic E-state index is 12.8. The van der Waals surface area contributed by atoms with Crippen LogP contribution in [0.15, 0.2) is 36.7 Å². The van der Waals surface area contributed by atoms with Gasteiger partial charge in [-0.1, -0.05) is 38.1 Å². The maximum Gasteiger partial charge on any atom is 0.225 e. The van der Waals surface area contributed by atoms with E-state index < -0.39 is 0 Å². The molecule has 1 amide bonds. The van der Waals surface area contributed by atoms with Crippen molar-refractivity contribution in [1.82, 2.24) is 15.3 Å². The summed E-state index contributed by atoms with van der Waals surface area (Å²) in [7, 11) is 0. The van der Waals surface area contributed by atoms with E-state index >= 15 is 0 Å². The molecule has 29 heavy (non-hydrogen) atoms. The molecule has 4 rings (SSSR count). The average Bonchev–Trinajstić information content (AvgIpc) is 3.21. The number of hydrogen-bond acceptors (Lipinski definition) is 5. The Bertz CT molecular complexity index is 982. The molecule has 0 bridgehead atoms. The van der Waals surface area contributed by atoms with Gasteiger partial charge in [-0.2, -0.15) is 0 Å². The molecule has 3 heterocycles. The van der Waals surface area contributed by atoms with E-state index in [1.165, 1.54) is 10.4 Å². The lowest BCUT2D eigenvalue weighted by molar-refractivity contribution is -0.125. The number of thiophene rings is 1. The fourth-order valence-electron chi connectivity index (χ4n) is 3.93. The van der Waals surface area contributed by atoms with E-state index in [0.717, 1.165) is 53.8 Å². The summed E-state index contributed by atoms with van der Waals surface area (Å²) >= 11 is 1.73. The van der Waals surface area contributed by atoms with Crippen LogP contribution in [0.25, 0.3) is 10.2 Å². The number of aryl methyl sites for hydroxylation is 2. The van der Waals surface area contributed by atoms with Gasteiger partial charge in [0.15, 0.2) is 0 Å². The second-order valence-corrected chi connectivity index (χ2v) is 8.77. The normalized spacial score (nSPS) is 16.9. The summed E-state index contributed by atoms with van der Waals surface area (Å²) in [6.45, 7) is 6.54. The first-order valence-corrected chi connectivity index (χ1v) is 11.3. The number of amides is 1. The zero-order valence-corrected chi connectivity index (χ0v) is 18.0. The third-order valence-corrected chi connectivity index (χ3v) is 6.88. The van der Waals surface area contributed by atoms with Crippen molar-refractivity contribution in [3.8, 4) is 0 Å². The lowest BCUT2D eigenvalue weighted by Crippen LogP contribution is -2.43. The first-order valence-electron chi connectivity index (χ1n) is 10.5. The largest absolute Gasteiger partial charge is 0.355 e. The molecule has 1 saturated heterocycles. The molecule has 1 fully saturated rings. The molecule has 1 N–H and O–H groups in total. The van der Waals surface area contributed by atoms with Crippen LogP contribution in [-0.4, -0.2) is 29.0 Å². The van der Waals surface area contributed by atoms with Gasteiger partial charge in [-0.3, -0.25) is 4.79 Å². The van der Waals surface area contributed by atoms with Crippen molar-refractivity contribution >= 4 is 33.3 Å². The minimum Gasteiger partial charge on any atom is -0.355 e. The molecule has 0 saturated carbocycles. The van der Waals surface area contributed by atoms with Gasteiger partial charge in [0, 0.05) is 24.5 Å². The van der Waals surface area contributed by atoms with Crippen molar-refractivity contribution in [3.05, 3.63) is 52.7 Å². The van der Waals surface area contributed by atoms with Crippen molar-refractivity contribution in [3.63, 3.8) is 0 Å². The fourth-order valence-corrected chi connectivity index (χ4v) is 4.86. The molecule has 1 aliphatic rings. The summed E-state index contributed by atoms with van der Waals surface area (Å²) in [5.41, 5.74) is 2.46. The molecule has 1 atom stereocenters. The highest BCUT2D eigenvalue weighted by atomic mass is 32.1. The van der Waals surface area contributed by atoms with E-state index in [1.807, 2.05) is 0 Å². The summed E-state index contributed by atoms with van der Waals surface area (Å²) in [5.74, 6) is 1.10. The second-order valence-electron chi connectivity index (χ2n) is 7.66. The Morgan fingerprint density at radius 3 is 2.72 bits per heavy atom. The van der Waals surface area contributed by atoms with Crippen LogP contribution in [0.1, 0.15) is 42.7 Å². The van der Waals surface area contributed by atoms with Crippen LogP contribution in [-0.2, 0) is 24.2 Å². The van der Waals surface area contributed by atoms with E-state index in [9.17, 15) is 4.79 Å². The van der Waals surface area contributed by atoms with Crippen LogP contribution in [0.2, 0.25) is 0 Å². The second kappa shape index (κ2) is 8.91. The number of fused-ring (bicyclic) bond motifs is 1. The Labute approximate surface area is 176 Å². The highest BCUT2D eigenvalue weighted by Crippen LogP contribution is 2.32. The third-order valence-electron chi connectivity index (χ3n) is 5.70. The molecule has 3 aromatic rings. The average molecular weight is 409 g/mol. The van der Waals surface area contributed by atoms with Gasteiger partial charge in [-0.25, -0.2) is 9.97 Å². The molecule has 6 heteroatoms. The monoisotopic (exact) mass is 408 g/mol. The summed E-state index contributed by atoms with van der Waals surface area (Å²) < 4.78 is 0. The summed E-state index contributed by atoms with van der Waals surface area (Å²) in [4.78, 5) is 26.4. The van der Waals surface area contributed by atoms with Gasteiger partial charge in [0.05, 0.1) is 11.3 Å². The van der Waals surface area contributed by atoms with E-state index in [2.05, 4.69) is 64.4 Å². The van der Waals surface area contributed by atoms with Crippen LogP contribution in [0.5, 0.6) is 0 Å². The Morgan fingerprint density at radius 1 is 1.17 bits per heavy atom. The van der Waals surface area contributed by atoms with Gasteiger partial charge < -0.3 is 10.2 Å². The van der Waals surface area contributed by atoms with Crippen LogP contribution >= 0.6 is 11.3 Å². The molecular weight excluding hydrogens is 380 g/mol. The molecule has 1 aromatic carbocycles. The Kier molecular flexibility index (Phi) is 6.09. The maximum absolute atomic E-state index is 12.8. The number of aromatic nitrogens is 2. The van der Waals surface area contributed by atoms with Crippen LogP contribution in [0.3, 0.4) is 0 Å². The number of benzene rings is 1. The van der Waals surface area contributed by atoms with Gasteiger partial charge >= 0.3 is 0 Å². The Hall–Kier alpha value is -2.47. The molecule has 152 valence electrons. The van der Waals surface area contributed by atoms with Gasteiger partial charge in [0.2, 0.25) is 5.91 Å². The van der Waals surface area contributed by atoms with Crippen molar-refractivity contribution in [2.24, 2.45) is 5.92 Å². The summed E-state index contributed by atoms with van der Waals surface area (Å²) in [6.07, 6.45) is 5.61. The van der Waals surface area contributed by atoms with Gasteiger partial charge in [0.25, 0.3) is 0 Å². The SMILES string of the molecule is CCc1ccc(CNC(=O)C2CCCN(c3ncnc4sc(CC)cc34)C2)cc1. The van der Waals surface area contributed by atoms with E-state index in [0.29, 0.717) is 13.1 Å². The van der Waals surface area contributed by atoms with Crippen molar-refractivity contribution in [1.29, 1.82) is 0 Å². The number of rotatable bonds is 6. The van der Waals surface area contributed by atoms with Gasteiger partial charge in [-0.15, -0.1) is 11.3 Å². The molecule has 0 radical (unpaired) electrons. The first kappa shape index (κ1) is 19.8. The topological polar surface area (TPSA) is 58.1 Å². The smallest absolute Gasteiger partial charge is 0.225 e. The molecule has 5 nitrogen and oxygen atoms in total. The molecule has 1 unspecified atom stereocenters. The molecule has 0 aliphatic carbocycles. The number of piperidine rings is 1. The predicted molar refractivity (Wildman–Crippen MR) is 119 cm³/mol. The highest BCUT2D eigenvalue weighted by molar-refractivity contribution is 7.18. The zero-order chi connectivity index (χ0) is 20.2. The van der Waals surface area contributed by atoms with Gasteiger partial charge in [0.1, 0.15) is 17.0 Å². The molecule has 1 aliphatic heterocycles. The number of hydrogen-bond donors (Lipinski definition) is 1. The molecular formula is C23H28N4OS. The standard InChI is InChI=1S/C23H28N4OS/c1-3-16-7-9-17(10-8-16)13-24-22(28)18-6-5-11-27(14-18)21-20-12-19(4-2)29-23(20)26-15-25-21/h7-10,12,15,18H,3-6,11,13-14H2,1-2H3,(H,24,28). The number of anilines is 1. The lowest BCUT2D eigenvalue weighted by Gasteiger charge is -2.33. The first-order chi connectivity index (χ1) is 14.2. The minimum absolute atomic E-state index is 0.00652. The van der Waals surface area contributed by atoms with Gasteiger partial charge in [-0.05, 0) is 42.9 Å². The van der Waals surface area contributed by atoms with Crippen LogP contribution < -0.4 is 10.2 Å². The number of carbonyl (C=O) groups is 1. The van der Waals surface area contributed by atoms with E-state index in [-0.39, 0.29) is 11.8 Å². The number of nitrogens with one attached hydrogen (secondary N) is 1. The Morgan fingerprint density at radius 2 is 1.97 bits per heavy atom. The number of nitrogens with zero attached hydrogens (tertiary/aromatic N) is 3. The van der Waals surface area contributed by atoms with Crippen molar-refractivity contribution in [2.45, 2.75) is 46.1 Å². The zero-order valence-electron chi connectivity index (χ0n) is 17.1. The van der Waals surface area contributed by atoms with Crippen LogP contribution in [0.4, 0.5) is 5.82 Å². The van der Waals surface area contributed by atoms with Crippen molar-refractivity contribution < 1.29 is 4.79 Å². The highest BCUT2D eigenvalue weighted by Gasteiger charge is 2.27. The summed E-state index contributed by atoms with van der Waals surface area (Å²) in [5, 5.41) is 4.25. The van der Waals surface area contributed by atoms with Crippen molar-refractivity contribution in [2.75, 3.05) is 18.0 Å². The predicted octanol–water partition coefficient (Wildman–Crippen LogP) is 4.35. The molecule has 0 spiro atoms.